The Bertz CT molecular complexity index is 606. The Hall–Kier alpha value is -1.80. The van der Waals surface area contributed by atoms with Gasteiger partial charge in [0.05, 0.1) is 24.5 Å². The van der Waals surface area contributed by atoms with Crippen LogP contribution >= 0.6 is 0 Å². The standard InChI is InChI=1S/C11H13F2N5O/c1-2-17-9-6-16(19)5-7(9)15-10(17)8-3-4-14-18(8)11(12)13/h3-4,11,19H,2,5-6H2,1H3. The van der Waals surface area contributed by atoms with Crippen LogP contribution in [0.25, 0.3) is 11.5 Å². The van der Waals surface area contributed by atoms with Crippen LogP contribution in [0, 0.1) is 0 Å². The maximum absolute atomic E-state index is 12.9. The van der Waals surface area contributed by atoms with Gasteiger partial charge in [0.2, 0.25) is 0 Å². The fourth-order valence-electron chi connectivity index (χ4n) is 2.42. The highest BCUT2D eigenvalue weighted by Gasteiger charge is 2.27. The fraction of sp³-hybridized carbons (Fsp3) is 0.455. The van der Waals surface area contributed by atoms with Crippen LogP contribution in [-0.4, -0.2) is 29.6 Å². The second kappa shape index (κ2) is 4.39. The van der Waals surface area contributed by atoms with Crippen molar-refractivity contribution in [2.75, 3.05) is 0 Å². The van der Waals surface area contributed by atoms with E-state index in [2.05, 4.69) is 10.1 Å². The number of halogens is 2. The minimum absolute atomic E-state index is 0.288. The first-order valence-corrected chi connectivity index (χ1v) is 5.96. The first-order valence-electron chi connectivity index (χ1n) is 5.96. The lowest BCUT2D eigenvalue weighted by atomic mass is 10.3. The summed E-state index contributed by atoms with van der Waals surface area (Å²) in [5.74, 6) is 0.471. The molecule has 2 aromatic heterocycles. The van der Waals surface area contributed by atoms with Crippen molar-refractivity contribution in [2.45, 2.75) is 33.1 Å². The molecule has 0 fully saturated rings. The lowest BCUT2D eigenvalue weighted by Crippen LogP contribution is -2.14. The number of hydrogen-bond acceptors (Lipinski definition) is 4. The molecule has 1 aliphatic rings. The van der Waals surface area contributed by atoms with Crippen molar-refractivity contribution >= 4 is 0 Å². The van der Waals surface area contributed by atoms with Crippen LogP contribution in [0.15, 0.2) is 12.3 Å². The SMILES string of the molecule is CCn1c(-c2ccnn2C(F)F)nc2c1CN(O)C2. The summed E-state index contributed by atoms with van der Waals surface area (Å²) in [5, 5.41) is 14.2. The lowest BCUT2D eigenvalue weighted by molar-refractivity contribution is -0.0985. The van der Waals surface area contributed by atoms with Crippen LogP contribution < -0.4 is 0 Å². The largest absolute Gasteiger partial charge is 0.333 e. The molecule has 6 nitrogen and oxygen atoms in total. The highest BCUT2D eigenvalue weighted by Crippen LogP contribution is 2.29. The Kier molecular flexibility index (Phi) is 2.83. The van der Waals surface area contributed by atoms with Crippen molar-refractivity contribution in [1.29, 1.82) is 0 Å². The van der Waals surface area contributed by atoms with Gasteiger partial charge in [-0.3, -0.25) is 0 Å². The summed E-state index contributed by atoms with van der Waals surface area (Å²) in [6, 6.07) is 1.52. The van der Waals surface area contributed by atoms with Gasteiger partial charge < -0.3 is 9.77 Å². The Labute approximate surface area is 107 Å². The van der Waals surface area contributed by atoms with E-state index in [1.807, 2.05) is 11.5 Å². The van der Waals surface area contributed by atoms with Crippen LogP contribution in [0.2, 0.25) is 0 Å². The van der Waals surface area contributed by atoms with E-state index in [0.717, 1.165) is 16.5 Å². The molecule has 1 aliphatic heterocycles. The minimum atomic E-state index is -2.70. The molecule has 0 bridgehead atoms. The molecule has 8 heteroatoms. The van der Waals surface area contributed by atoms with Crippen molar-refractivity contribution in [3.8, 4) is 11.5 Å². The fourth-order valence-corrected chi connectivity index (χ4v) is 2.42. The predicted molar refractivity (Wildman–Crippen MR) is 61.4 cm³/mol. The van der Waals surface area contributed by atoms with E-state index in [1.165, 1.54) is 12.3 Å². The van der Waals surface area contributed by atoms with Gasteiger partial charge in [0, 0.05) is 12.7 Å². The summed E-state index contributed by atoms with van der Waals surface area (Å²) in [5.41, 5.74) is 1.87. The van der Waals surface area contributed by atoms with Gasteiger partial charge in [0.25, 0.3) is 0 Å². The maximum Gasteiger partial charge on any atom is 0.333 e. The number of nitrogens with zero attached hydrogens (tertiary/aromatic N) is 5. The minimum Gasteiger partial charge on any atom is -0.325 e. The average molecular weight is 269 g/mol. The van der Waals surface area contributed by atoms with E-state index in [4.69, 9.17) is 0 Å². The molecule has 0 unspecified atom stereocenters. The molecule has 1 N–H and O–H groups in total. The Balaban J connectivity index is 2.11. The van der Waals surface area contributed by atoms with Gasteiger partial charge in [-0.2, -0.15) is 18.9 Å². The van der Waals surface area contributed by atoms with Crippen LogP contribution in [0.4, 0.5) is 8.78 Å². The molecule has 102 valence electrons. The number of alkyl halides is 2. The molecular weight excluding hydrogens is 256 g/mol. The van der Waals surface area contributed by atoms with Gasteiger partial charge in [-0.1, -0.05) is 0 Å². The Morgan fingerprint density at radius 2 is 2.21 bits per heavy atom. The first kappa shape index (κ1) is 12.2. The molecule has 0 atom stereocenters. The van der Waals surface area contributed by atoms with Crippen molar-refractivity contribution < 1.29 is 14.0 Å². The molecule has 0 saturated carbocycles. The van der Waals surface area contributed by atoms with Crippen molar-refractivity contribution in [3.05, 3.63) is 23.7 Å². The second-order valence-corrected chi connectivity index (χ2v) is 4.33. The van der Waals surface area contributed by atoms with Crippen LogP contribution in [-0.2, 0) is 19.6 Å². The number of hydrogen-bond donors (Lipinski definition) is 1. The van der Waals surface area contributed by atoms with Gasteiger partial charge in [-0.25, -0.2) is 9.67 Å². The normalized spacial score (nSPS) is 15.4. The molecule has 3 heterocycles. The maximum atomic E-state index is 12.9. The van der Waals surface area contributed by atoms with Crippen LogP contribution in [0.3, 0.4) is 0 Å². The number of aromatic nitrogens is 4. The van der Waals surface area contributed by atoms with Crippen molar-refractivity contribution in [3.63, 3.8) is 0 Å². The summed E-state index contributed by atoms with van der Waals surface area (Å²) in [6.45, 7) is 0.488. The smallest absolute Gasteiger partial charge is 0.325 e. The Morgan fingerprint density at radius 3 is 2.89 bits per heavy atom. The van der Waals surface area contributed by atoms with Crippen LogP contribution in [0.1, 0.15) is 24.9 Å². The molecule has 0 saturated heterocycles. The third-order valence-electron chi connectivity index (χ3n) is 3.22. The zero-order valence-electron chi connectivity index (χ0n) is 10.3. The summed E-state index contributed by atoms with van der Waals surface area (Å²) >= 11 is 0. The highest BCUT2D eigenvalue weighted by atomic mass is 19.3. The monoisotopic (exact) mass is 269 g/mol. The molecule has 0 amide bonds. The highest BCUT2D eigenvalue weighted by molar-refractivity contribution is 5.52. The third kappa shape index (κ3) is 1.83. The first-order chi connectivity index (χ1) is 9.11. The molecule has 0 radical (unpaired) electrons. The predicted octanol–water partition coefficient (Wildman–Crippen LogP) is 1.87. The summed E-state index contributed by atoms with van der Waals surface area (Å²) in [6.07, 6.45) is 1.33. The van der Waals surface area contributed by atoms with Crippen molar-refractivity contribution in [1.82, 2.24) is 24.4 Å². The van der Waals surface area contributed by atoms with Gasteiger partial charge in [-0.15, -0.1) is 0 Å². The van der Waals surface area contributed by atoms with E-state index >= 15 is 0 Å². The lowest BCUT2D eigenvalue weighted by Gasteiger charge is -2.11. The van der Waals surface area contributed by atoms with Gasteiger partial charge >= 0.3 is 6.55 Å². The number of imidazole rings is 1. The van der Waals surface area contributed by atoms with Crippen LogP contribution in [0.5, 0.6) is 0 Å². The molecule has 0 spiro atoms. The van der Waals surface area contributed by atoms with Crippen molar-refractivity contribution in [2.24, 2.45) is 0 Å². The Morgan fingerprint density at radius 1 is 1.42 bits per heavy atom. The van der Waals surface area contributed by atoms with Gasteiger partial charge in [0.15, 0.2) is 5.82 Å². The second-order valence-electron chi connectivity index (χ2n) is 4.33. The van der Waals surface area contributed by atoms with E-state index in [-0.39, 0.29) is 5.69 Å². The van der Waals surface area contributed by atoms with E-state index in [9.17, 15) is 14.0 Å². The number of hydroxylamine groups is 2. The molecule has 19 heavy (non-hydrogen) atoms. The average Bonchev–Trinajstić information content (AvgIpc) is 3.00. The quantitative estimate of drug-likeness (QED) is 0.924. The summed E-state index contributed by atoms with van der Waals surface area (Å²) in [7, 11) is 0. The molecule has 3 rings (SSSR count). The van der Waals surface area contributed by atoms with E-state index < -0.39 is 6.55 Å². The number of rotatable bonds is 3. The summed E-state index contributed by atoms with van der Waals surface area (Å²) < 4.78 is 28.2. The van der Waals surface area contributed by atoms with E-state index in [0.29, 0.717) is 30.1 Å². The third-order valence-corrected chi connectivity index (χ3v) is 3.22. The summed E-state index contributed by atoms with van der Waals surface area (Å²) in [4.78, 5) is 4.36. The molecule has 2 aromatic rings. The molecule has 0 aromatic carbocycles. The van der Waals surface area contributed by atoms with Gasteiger partial charge in [0.1, 0.15) is 5.69 Å². The molecule has 0 aliphatic carbocycles. The van der Waals surface area contributed by atoms with E-state index in [1.54, 1.807) is 0 Å². The number of fused-ring (bicyclic) bond motifs is 1. The topological polar surface area (TPSA) is 59.1 Å². The zero-order chi connectivity index (χ0) is 13.6. The molecular formula is C11H13F2N5O. The van der Waals surface area contributed by atoms with Gasteiger partial charge in [-0.05, 0) is 13.0 Å². The zero-order valence-corrected chi connectivity index (χ0v) is 10.3.